The Bertz CT molecular complexity index is 341. The Morgan fingerprint density at radius 2 is 2.31 bits per heavy atom. The Kier molecular flexibility index (Phi) is 3.07. The van der Waals surface area contributed by atoms with Crippen molar-refractivity contribution in [2.24, 2.45) is 0 Å². The predicted molar refractivity (Wildman–Crippen MR) is 58.1 cm³/mol. The molecule has 13 heavy (non-hydrogen) atoms. The predicted octanol–water partition coefficient (Wildman–Crippen LogP) is 2.11. The smallest absolute Gasteiger partial charge is 0.411 e. The fourth-order valence-electron chi connectivity index (χ4n) is 0.869. The van der Waals surface area contributed by atoms with E-state index < -0.39 is 6.09 Å². The summed E-state index contributed by atoms with van der Waals surface area (Å²) in [5.41, 5.74) is 1.49. The van der Waals surface area contributed by atoms with Crippen molar-refractivity contribution in [3.05, 3.63) is 21.5 Å². The van der Waals surface area contributed by atoms with Gasteiger partial charge in [-0.2, -0.15) is 0 Å². The second-order valence-corrected chi connectivity index (χ2v) is 3.78. The number of nitrogens with zero attached hydrogens (tertiary/aromatic N) is 2. The summed E-state index contributed by atoms with van der Waals surface area (Å²) in [4.78, 5) is 15.8. The van der Waals surface area contributed by atoms with Crippen molar-refractivity contribution < 1.29 is 9.90 Å². The highest BCUT2D eigenvalue weighted by Gasteiger charge is 2.11. The van der Waals surface area contributed by atoms with Gasteiger partial charge >= 0.3 is 6.09 Å². The SMILES string of the molecule is Cc1cc(I)c(N(C)C(=O)O)cn1. The van der Waals surface area contributed by atoms with Crippen LogP contribution in [0.3, 0.4) is 0 Å². The molecule has 5 heteroatoms. The summed E-state index contributed by atoms with van der Waals surface area (Å²) in [6.07, 6.45) is 0.578. The molecule has 1 amide bonds. The van der Waals surface area contributed by atoms with Crippen LogP contribution >= 0.6 is 22.6 Å². The van der Waals surface area contributed by atoms with Gasteiger partial charge in [-0.1, -0.05) is 0 Å². The fraction of sp³-hybridized carbons (Fsp3) is 0.250. The third kappa shape index (κ3) is 2.30. The summed E-state index contributed by atoms with van der Waals surface area (Å²) in [5, 5.41) is 8.72. The van der Waals surface area contributed by atoms with Crippen LogP contribution in [0.5, 0.6) is 0 Å². The molecule has 0 aliphatic heterocycles. The van der Waals surface area contributed by atoms with E-state index in [1.807, 2.05) is 13.0 Å². The lowest BCUT2D eigenvalue weighted by Gasteiger charge is -2.14. The van der Waals surface area contributed by atoms with Gasteiger partial charge in [0.2, 0.25) is 0 Å². The molecule has 1 heterocycles. The lowest BCUT2D eigenvalue weighted by Crippen LogP contribution is -2.24. The molecule has 1 rings (SSSR count). The first-order valence-corrected chi connectivity index (χ1v) is 4.69. The van der Waals surface area contributed by atoms with Gasteiger partial charge in [-0.25, -0.2) is 4.79 Å². The van der Waals surface area contributed by atoms with Crippen LogP contribution in [0.25, 0.3) is 0 Å². The van der Waals surface area contributed by atoms with Crippen molar-refractivity contribution in [2.75, 3.05) is 11.9 Å². The lowest BCUT2D eigenvalue weighted by molar-refractivity contribution is 0.203. The van der Waals surface area contributed by atoms with E-state index in [2.05, 4.69) is 27.6 Å². The average molecular weight is 292 g/mol. The van der Waals surface area contributed by atoms with Gasteiger partial charge in [0, 0.05) is 16.3 Å². The largest absolute Gasteiger partial charge is 0.465 e. The van der Waals surface area contributed by atoms with E-state index in [0.717, 1.165) is 14.2 Å². The molecule has 0 atom stereocenters. The van der Waals surface area contributed by atoms with Gasteiger partial charge in [0.15, 0.2) is 0 Å². The van der Waals surface area contributed by atoms with Gasteiger partial charge < -0.3 is 5.11 Å². The number of pyridine rings is 1. The molecule has 0 fully saturated rings. The summed E-state index contributed by atoms with van der Waals surface area (Å²) in [6, 6.07) is 1.84. The number of carbonyl (C=O) groups is 1. The summed E-state index contributed by atoms with van der Waals surface area (Å²) in [5.74, 6) is 0. The number of anilines is 1. The zero-order valence-corrected chi connectivity index (χ0v) is 9.44. The van der Waals surface area contributed by atoms with Crippen LogP contribution in [0.4, 0.5) is 10.5 Å². The molecule has 0 saturated carbocycles. The summed E-state index contributed by atoms with van der Waals surface area (Å²) in [6.45, 7) is 1.87. The minimum Gasteiger partial charge on any atom is -0.465 e. The molecule has 1 aromatic heterocycles. The van der Waals surface area contributed by atoms with Gasteiger partial charge in [-0.15, -0.1) is 0 Å². The molecule has 4 nitrogen and oxygen atoms in total. The van der Waals surface area contributed by atoms with Crippen LogP contribution in [0, 0.1) is 10.5 Å². The van der Waals surface area contributed by atoms with E-state index >= 15 is 0 Å². The Morgan fingerprint density at radius 1 is 1.69 bits per heavy atom. The minimum atomic E-state index is -0.983. The molecule has 0 aliphatic rings. The van der Waals surface area contributed by atoms with Crippen LogP contribution < -0.4 is 4.90 Å². The Hall–Kier alpha value is -0.850. The topological polar surface area (TPSA) is 53.4 Å². The summed E-state index contributed by atoms with van der Waals surface area (Å²) < 4.78 is 0.884. The molecule has 0 unspecified atom stereocenters. The molecule has 70 valence electrons. The van der Waals surface area contributed by atoms with Crippen LogP contribution in [-0.2, 0) is 0 Å². The monoisotopic (exact) mass is 292 g/mol. The summed E-state index contributed by atoms with van der Waals surface area (Å²) >= 11 is 2.09. The maximum Gasteiger partial charge on any atom is 0.411 e. The Labute approximate surface area is 89.7 Å². The third-order valence-corrected chi connectivity index (χ3v) is 2.48. The highest BCUT2D eigenvalue weighted by Crippen LogP contribution is 2.20. The normalized spacial score (nSPS) is 9.77. The molecule has 1 N–H and O–H groups in total. The fourth-order valence-corrected chi connectivity index (χ4v) is 1.82. The number of carboxylic acid groups (broad SMARTS) is 1. The zero-order valence-electron chi connectivity index (χ0n) is 7.28. The molecular weight excluding hydrogens is 283 g/mol. The van der Waals surface area contributed by atoms with Gasteiger partial charge in [0.1, 0.15) is 0 Å². The van der Waals surface area contributed by atoms with Crippen LogP contribution in [0.2, 0.25) is 0 Å². The first-order valence-electron chi connectivity index (χ1n) is 3.61. The van der Waals surface area contributed by atoms with Crippen LogP contribution in [0.1, 0.15) is 5.69 Å². The van der Waals surface area contributed by atoms with Gasteiger partial charge in [-0.3, -0.25) is 9.88 Å². The van der Waals surface area contributed by atoms with Crippen LogP contribution in [0.15, 0.2) is 12.3 Å². The first kappa shape index (κ1) is 10.2. The first-order chi connectivity index (χ1) is 6.02. The van der Waals surface area contributed by atoms with E-state index in [1.165, 1.54) is 7.05 Å². The van der Waals surface area contributed by atoms with E-state index in [-0.39, 0.29) is 0 Å². The number of rotatable bonds is 1. The second-order valence-electron chi connectivity index (χ2n) is 2.62. The van der Waals surface area contributed by atoms with Crippen molar-refractivity contribution in [2.45, 2.75) is 6.92 Å². The van der Waals surface area contributed by atoms with Gasteiger partial charge in [0.05, 0.1) is 11.9 Å². The minimum absolute atomic E-state index is 0.610. The summed E-state index contributed by atoms with van der Waals surface area (Å²) in [7, 11) is 1.50. The molecule has 0 bridgehead atoms. The molecule has 0 aromatic carbocycles. The lowest BCUT2D eigenvalue weighted by atomic mass is 10.3. The number of halogens is 1. The molecule has 1 aromatic rings. The van der Waals surface area contributed by atoms with Crippen molar-refractivity contribution >= 4 is 34.4 Å². The van der Waals surface area contributed by atoms with Gasteiger partial charge in [-0.05, 0) is 35.6 Å². The highest BCUT2D eigenvalue weighted by atomic mass is 127. The van der Waals surface area contributed by atoms with Gasteiger partial charge in [0.25, 0.3) is 0 Å². The number of hydrogen-bond donors (Lipinski definition) is 1. The van der Waals surface area contributed by atoms with E-state index in [0.29, 0.717) is 5.69 Å². The maximum absolute atomic E-state index is 10.6. The van der Waals surface area contributed by atoms with Crippen molar-refractivity contribution in [3.8, 4) is 0 Å². The average Bonchev–Trinajstić information content (AvgIpc) is 2.03. The standard InChI is InChI=1S/C8H9IN2O2/c1-5-3-6(9)7(4-10-5)11(2)8(12)13/h3-4H,1-2H3,(H,12,13). The Balaban J connectivity index is 3.08. The molecule has 0 aliphatic carbocycles. The highest BCUT2D eigenvalue weighted by molar-refractivity contribution is 14.1. The number of aryl methyl sites for hydroxylation is 1. The van der Waals surface area contributed by atoms with Crippen molar-refractivity contribution in [1.82, 2.24) is 4.98 Å². The number of hydrogen-bond acceptors (Lipinski definition) is 2. The second kappa shape index (κ2) is 3.91. The van der Waals surface area contributed by atoms with Crippen LogP contribution in [-0.4, -0.2) is 23.2 Å². The number of aromatic nitrogens is 1. The Morgan fingerprint density at radius 3 is 2.77 bits per heavy atom. The molecular formula is C8H9IN2O2. The van der Waals surface area contributed by atoms with Crippen molar-refractivity contribution in [3.63, 3.8) is 0 Å². The van der Waals surface area contributed by atoms with E-state index in [1.54, 1.807) is 6.20 Å². The third-order valence-electron chi connectivity index (χ3n) is 1.62. The molecule has 0 saturated heterocycles. The van der Waals surface area contributed by atoms with E-state index in [9.17, 15) is 4.79 Å². The van der Waals surface area contributed by atoms with E-state index in [4.69, 9.17) is 5.11 Å². The zero-order chi connectivity index (χ0) is 10.0. The molecule has 0 spiro atoms. The molecule has 0 radical (unpaired) electrons. The van der Waals surface area contributed by atoms with Crippen molar-refractivity contribution in [1.29, 1.82) is 0 Å². The maximum atomic E-state index is 10.6. The number of amides is 1. The quantitative estimate of drug-likeness (QED) is 0.807.